The van der Waals surface area contributed by atoms with Gasteiger partial charge in [0.1, 0.15) is 0 Å². The van der Waals surface area contributed by atoms with E-state index in [2.05, 4.69) is 28.8 Å². The number of piperazine rings is 1. The molecule has 1 aliphatic rings. The standard InChI is InChI=1S/C15H20N4O/c1-3-12-9-19(7-6-18(12)2)15(20)11-4-5-13-14(8-11)17-10-16-13/h4-5,8,10,12H,3,6-7,9H2,1-2H3,(H,16,17). The van der Waals surface area contributed by atoms with E-state index in [9.17, 15) is 4.79 Å². The first-order chi connectivity index (χ1) is 9.69. The van der Waals surface area contributed by atoms with Gasteiger partial charge in [-0.15, -0.1) is 0 Å². The molecule has 20 heavy (non-hydrogen) atoms. The minimum Gasteiger partial charge on any atom is -0.345 e. The summed E-state index contributed by atoms with van der Waals surface area (Å²) in [5.41, 5.74) is 2.55. The maximum atomic E-state index is 12.6. The summed E-state index contributed by atoms with van der Waals surface area (Å²) in [4.78, 5) is 24.1. The number of nitrogens with one attached hydrogen (secondary N) is 1. The van der Waals surface area contributed by atoms with Crippen molar-refractivity contribution in [3.63, 3.8) is 0 Å². The molecule has 1 unspecified atom stereocenters. The van der Waals surface area contributed by atoms with Gasteiger partial charge >= 0.3 is 0 Å². The highest BCUT2D eigenvalue weighted by atomic mass is 16.2. The van der Waals surface area contributed by atoms with Crippen molar-refractivity contribution in [3.05, 3.63) is 30.1 Å². The van der Waals surface area contributed by atoms with Gasteiger partial charge in [-0.25, -0.2) is 4.98 Å². The first-order valence-electron chi connectivity index (χ1n) is 7.11. The SMILES string of the molecule is CCC1CN(C(=O)c2ccc3nc[nH]c3c2)CCN1C. The van der Waals surface area contributed by atoms with Crippen LogP contribution in [0.1, 0.15) is 23.7 Å². The van der Waals surface area contributed by atoms with Crippen molar-refractivity contribution in [1.82, 2.24) is 19.8 Å². The molecule has 2 heterocycles. The molecular formula is C15H20N4O. The smallest absolute Gasteiger partial charge is 0.254 e. The number of nitrogens with zero attached hydrogens (tertiary/aromatic N) is 3. The third-order valence-electron chi connectivity index (χ3n) is 4.20. The van der Waals surface area contributed by atoms with E-state index in [1.807, 2.05) is 23.1 Å². The molecule has 1 amide bonds. The Hall–Kier alpha value is -1.88. The van der Waals surface area contributed by atoms with Gasteiger partial charge in [0, 0.05) is 31.2 Å². The number of rotatable bonds is 2. The predicted octanol–water partition coefficient (Wildman–Crippen LogP) is 1.73. The molecule has 0 spiro atoms. The number of carbonyl (C=O) groups excluding carboxylic acids is 1. The summed E-state index contributed by atoms with van der Waals surface area (Å²) in [5.74, 6) is 0.119. The van der Waals surface area contributed by atoms with Gasteiger partial charge in [0.05, 0.1) is 17.4 Å². The van der Waals surface area contributed by atoms with E-state index < -0.39 is 0 Å². The van der Waals surface area contributed by atoms with Gasteiger partial charge < -0.3 is 9.88 Å². The molecule has 5 heteroatoms. The lowest BCUT2D eigenvalue weighted by Gasteiger charge is -2.39. The molecule has 5 nitrogen and oxygen atoms in total. The number of imidazole rings is 1. The minimum absolute atomic E-state index is 0.119. The van der Waals surface area contributed by atoms with Crippen LogP contribution in [0.25, 0.3) is 11.0 Å². The van der Waals surface area contributed by atoms with Crippen molar-refractivity contribution in [2.75, 3.05) is 26.7 Å². The molecule has 0 aliphatic carbocycles. The first-order valence-corrected chi connectivity index (χ1v) is 7.11. The molecule has 2 aromatic rings. The molecule has 1 aliphatic heterocycles. The lowest BCUT2D eigenvalue weighted by molar-refractivity contribution is 0.0542. The lowest BCUT2D eigenvalue weighted by atomic mass is 10.1. The van der Waals surface area contributed by atoms with E-state index in [4.69, 9.17) is 0 Å². The number of H-pyrrole nitrogens is 1. The Morgan fingerprint density at radius 1 is 1.45 bits per heavy atom. The molecule has 0 radical (unpaired) electrons. The Morgan fingerprint density at radius 3 is 3.10 bits per heavy atom. The summed E-state index contributed by atoms with van der Waals surface area (Å²) < 4.78 is 0. The van der Waals surface area contributed by atoms with Crippen molar-refractivity contribution in [2.24, 2.45) is 0 Å². The van der Waals surface area contributed by atoms with E-state index in [1.165, 1.54) is 0 Å². The van der Waals surface area contributed by atoms with E-state index in [-0.39, 0.29) is 5.91 Å². The Balaban J connectivity index is 1.81. The van der Waals surface area contributed by atoms with Crippen LogP contribution in [0, 0.1) is 0 Å². The molecule has 106 valence electrons. The summed E-state index contributed by atoms with van der Waals surface area (Å²) in [6, 6.07) is 6.12. The quantitative estimate of drug-likeness (QED) is 0.906. The maximum Gasteiger partial charge on any atom is 0.254 e. The van der Waals surface area contributed by atoms with E-state index in [0.717, 1.165) is 42.7 Å². The molecule has 1 N–H and O–H groups in total. The summed E-state index contributed by atoms with van der Waals surface area (Å²) in [5, 5.41) is 0. The normalized spacial score (nSPS) is 20.5. The number of aromatic amines is 1. The molecule has 0 bridgehead atoms. The van der Waals surface area contributed by atoms with Crippen molar-refractivity contribution >= 4 is 16.9 Å². The zero-order valence-electron chi connectivity index (χ0n) is 12.0. The molecule has 0 saturated carbocycles. The molecule has 1 atom stereocenters. The van der Waals surface area contributed by atoms with Gasteiger partial charge in [-0.05, 0) is 31.7 Å². The van der Waals surface area contributed by atoms with E-state index >= 15 is 0 Å². The number of amides is 1. The van der Waals surface area contributed by atoms with Gasteiger partial charge in [-0.1, -0.05) is 6.92 Å². The monoisotopic (exact) mass is 272 g/mol. The fourth-order valence-electron chi connectivity index (χ4n) is 2.82. The highest BCUT2D eigenvalue weighted by Gasteiger charge is 2.26. The second kappa shape index (κ2) is 5.25. The van der Waals surface area contributed by atoms with Crippen LogP contribution in [0.4, 0.5) is 0 Å². The summed E-state index contributed by atoms with van der Waals surface area (Å²) in [6.45, 7) is 4.72. The third-order valence-corrected chi connectivity index (χ3v) is 4.20. The van der Waals surface area contributed by atoms with E-state index in [1.54, 1.807) is 6.33 Å². The summed E-state index contributed by atoms with van der Waals surface area (Å²) >= 11 is 0. The van der Waals surface area contributed by atoms with Crippen molar-refractivity contribution in [2.45, 2.75) is 19.4 Å². The predicted molar refractivity (Wildman–Crippen MR) is 78.7 cm³/mol. The zero-order valence-corrected chi connectivity index (χ0v) is 12.0. The van der Waals surface area contributed by atoms with Crippen LogP contribution >= 0.6 is 0 Å². The van der Waals surface area contributed by atoms with E-state index in [0.29, 0.717) is 6.04 Å². The number of carbonyl (C=O) groups is 1. The van der Waals surface area contributed by atoms with Crippen LogP contribution < -0.4 is 0 Å². The Labute approximate surface area is 118 Å². The second-order valence-electron chi connectivity index (χ2n) is 5.43. The number of hydrogen-bond acceptors (Lipinski definition) is 3. The number of fused-ring (bicyclic) bond motifs is 1. The first kappa shape index (κ1) is 13.1. The fraction of sp³-hybridized carbons (Fsp3) is 0.467. The number of aromatic nitrogens is 2. The van der Waals surface area contributed by atoms with Gasteiger partial charge in [-0.3, -0.25) is 9.69 Å². The third kappa shape index (κ3) is 2.29. The van der Waals surface area contributed by atoms with Gasteiger partial charge in [0.2, 0.25) is 0 Å². The van der Waals surface area contributed by atoms with Crippen LogP contribution in [0.2, 0.25) is 0 Å². The molecule has 1 aromatic heterocycles. The van der Waals surface area contributed by atoms with Gasteiger partial charge in [0.15, 0.2) is 0 Å². The second-order valence-corrected chi connectivity index (χ2v) is 5.43. The Morgan fingerprint density at radius 2 is 2.30 bits per heavy atom. The van der Waals surface area contributed by atoms with Crippen LogP contribution in [0.15, 0.2) is 24.5 Å². The summed E-state index contributed by atoms with van der Waals surface area (Å²) in [7, 11) is 2.13. The average molecular weight is 272 g/mol. The Kier molecular flexibility index (Phi) is 3.44. The van der Waals surface area contributed by atoms with Gasteiger partial charge in [-0.2, -0.15) is 0 Å². The van der Waals surface area contributed by atoms with Crippen LogP contribution in [0.5, 0.6) is 0 Å². The Bertz CT molecular complexity index is 621. The molecule has 1 aromatic carbocycles. The average Bonchev–Trinajstić information content (AvgIpc) is 2.94. The highest BCUT2D eigenvalue weighted by molar-refractivity contribution is 5.97. The van der Waals surface area contributed by atoms with Crippen LogP contribution in [-0.4, -0.2) is 58.4 Å². The number of likely N-dealkylation sites (N-methyl/N-ethyl adjacent to an activating group) is 1. The molecule has 1 saturated heterocycles. The van der Waals surface area contributed by atoms with Crippen LogP contribution in [0.3, 0.4) is 0 Å². The highest BCUT2D eigenvalue weighted by Crippen LogP contribution is 2.17. The minimum atomic E-state index is 0.119. The maximum absolute atomic E-state index is 12.6. The zero-order chi connectivity index (χ0) is 14.1. The topological polar surface area (TPSA) is 52.2 Å². The van der Waals surface area contributed by atoms with Crippen molar-refractivity contribution in [3.8, 4) is 0 Å². The molecule has 3 rings (SSSR count). The van der Waals surface area contributed by atoms with Crippen LogP contribution in [-0.2, 0) is 0 Å². The summed E-state index contributed by atoms with van der Waals surface area (Å²) in [6.07, 6.45) is 2.72. The van der Waals surface area contributed by atoms with Crippen molar-refractivity contribution < 1.29 is 4.79 Å². The number of hydrogen-bond donors (Lipinski definition) is 1. The number of benzene rings is 1. The molecule has 1 fully saturated rings. The van der Waals surface area contributed by atoms with Gasteiger partial charge in [0.25, 0.3) is 5.91 Å². The molecular weight excluding hydrogens is 252 g/mol. The fourth-order valence-corrected chi connectivity index (χ4v) is 2.82. The van der Waals surface area contributed by atoms with Crippen molar-refractivity contribution in [1.29, 1.82) is 0 Å². The lowest BCUT2D eigenvalue weighted by Crippen LogP contribution is -2.52. The largest absolute Gasteiger partial charge is 0.345 e.